The van der Waals surface area contributed by atoms with Crippen molar-refractivity contribution in [2.24, 2.45) is 5.92 Å². The van der Waals surface area contributed by atoms with Gasteiger partial charge >= 0.3 is 0 Å². The second kappa shape index (κ2) is 14.6. The highest BCUT2D eigenvalue weighted by Gasteiger charge is 2.42. The molecule has 4 aromatic rings. The van der Waals surface area contributed by atoms with Crippen molar-refractivity contribution in [3.63, 3.8) is 0 Å². The number of amides is 1. The minimum absolute atomic E-state index is 0.00532. The third kappa shape index (κ3) is 7.07. The number of anilines is 2. The lowest BCUT2D eigenvalue weighted by atomic mass is 9.78. The van der Waals surface area contributed by atoms with Crippen LogP contribution in [0.15, 0.2) is 102 Å². The highest BCUT2D eigenvalue weighted by atomic mass is 35.5. The number of nitrogens with one attached hydrogen (secondary N) is 1. The van der Waals surface area contributed by atoms with Crippen LogP contribution in [-0.2, 0) is 16.2 Å². The van der Waals surface area contributed by atoms with Gasteiger partial charge in [-0.15, -0.1) is 0 Å². The van der Waals surface area contributed by atoms with E-state index in [1.807, 2.05) is 117 Å². The van der Waals surface area contributed by atoms with Crippen LogP contribution in [0.1, 0.15) is 68.7 Å². The number of nitrogens with zero attached hydrogens (tertiary/aromatic N) is 1. The Bertz CT molecular complexity index is 1820. The number of hydrogen-bond acceptors (Lipinski definition) is 6. The van der Waals surface area contributed by atoms with E-state index in [1.165, 1.54) is 0 Å². The van der Waals surface area contributed by atoms with Gasteiger partial charge in [0.05, 0.1) is 31.1 Å². The summed E-state index contributed by atoms with van der Waals surface area (Å²) in [5.41, 5.74) is 5.77. The quantitative estimate of drug-likeness (QED) is 0.182. The maximum atomic E-state index is 14.4. The van der Waals surface area contributed by atoms with Crippen LogP contribution in [-0.4, -0.2) is 25.4 Å². The minimum atomic E-state index is -0.670. The summed E-state index contributed by atoms with van der Waals surface area (Å²) >= 11 is 6.08. The van der Waals surface area contributed by atoms with Gasteiger partial charge in [0.1, 0.15) is 12.4 Å². The highest BCUT2D eigenvalue weighted by molar-refractivity contribution is 6.30. The van der Waals surface area contributed by atoms with Crippen LogP contribution in [0.5, 0.6) is 17.2 Å². The molecular formula is C40H41ClN2O5. The molecule has 1 aliphatic heterocycles. The van der Waals surface area contributed by atoms with E-state index in [-0.39, 0.29) is 23.5 Å². The predicted molar refractivity (Wildman–Crippen MR) is 190 cm³/mol. The standard InChI is InChI=1S/C40H41ClN2O5/c1-5-47-37-23-28(14-19-36(37)48-24-26-10-15-30(41)16-11-26)40-39-33(21-29(22-35(39)44)27-12-17-31(46-4)18-13-27)42-32-8-6-7-9-34(32)43(40)38(45)20-25(2)3/h6-19,23,25,29,40,42H,5,20-22,24H2,1-4H3/t29-,40+/m1/s1. The fraction of sp³-hybridized carbons (Fsp3) is 0.300. The van der Waals surface area contributed by atoms with Gasteiger partial charge in [-0.3, -0.25) is 14.5 Å². The van der Waals surface area contributed by atoms with Crippen LogP contribution in [0.4, 0.5) is 11.4 Å². The predicted octanol–water partition coefficient (Wildman–Crippen LogP) is 9.27. The number of carbonyl (C=O) groups is 2. The topological polar surface area (TPSA) is 77.1 Å². The first-order chi connectivity index (χ1) is 23.2. The molecule has 2 aliphatic rings. The van der Waals surface area contributed by atoms with E-state index in [0.717, 1.165) is 39.5 Å². The molecule has 7 nitrogen and oxygen atoms in total. The third-order valence-corrected chi connectivity index (χ3v) is 9.07. The second-order valence-electron chi connectivity index (χ2n) is 12.7. The smallest absolute Gasteiger partial charge is 0.228 e. The minimum Gasteiger partial charge on any atom is -0.497 e. The molecule has 8 heteroatoms. The first-order valence-electron chi connectivity index (χ1n) is 16.5. The molecule has 1 aliphatic carbocycles. The molecule has 0 aromatic heterocycles. The van der Waals surface area contributed by atoms with Gasteiger partial charge in [0.25, 0.3) is 0 Å². The SMILES string of the molecule is CCOc1cc([C@H]2C3=C(C[C@@H](c4ccc(OC)cc4)CC3=O)Nc3ccccc3N2C(=O)CC(C)C)ccc1OCc1ccc(Cl)cc1. The Labute approximate surface area is 287 Å². The number of halogens is 1. The van der Waals surface area contributed by atoms with Crippen LogP contribution in [0.2, 0.25) is 5.02 Å². The molecule has 0 unspecified atom stereocenters. The summed E-state index contributed by atoms with van der Waals surface area (Å²) in [6.07, 6.45) is 1.27. The van der Waals surface area contributed by atoms with Crippen LogP contribution >= 0.6 is 11.6 Å². The number of ketones is 1. The summed E-state index contributed by atoms with van der Waals surface area (Å²) in [6, 6.07) is 28.3. The second-order valence-corrected chi connectivity index (χ2v) is 13.1. The van der Waals surface area contributed by atoms with Gasteiger partial charge in [-0.1, -0.05) is 67.9 Å². The van der Waals surface area contributed by atoms with E-state index in [1.54, 1.807) is 7.11 Å². The van der Waals surface area contributed by atoms with Crippen molar-refractivity contribution >= 4 is 34.7 Å². The molecule has 0 saturated heterocycles. The number of allylic oxidation sites excluding steroid dienone is 1. The summed E-state index contributed by atoms with van der Waals surface area (Å²) < 4.78 is 17.7. The lowest BCUT2D eigenvalue weighted by Crippen LogP contribution is -2.39. The Balaban J connectivity index is 1.46. The van der Waals surface area contributed by atoms with Crippen LogP contribution < -0.4 is 24.4 Å². The van der Waals surface area contributed by atoms with E-state index < -0.39 is 6.04 Å². The van der Waals surface area contributed by atoms with Crippen molar-refractivity contribution in [3.05, 3.63) is 124 Å². The fourth-order valence-electron chi connectivity index (χ4n) is 6.56. The van der Waals surface area contributed by atoms with Crippen molar-refractivity contribution in [3.8, 4) is 17.2 Å². The largest absolute Gasteiger partial charge is 0.497 e. The van der Waals surface area contributed by atoms with Gasteiger partial charge in [-0.2, -0.15) is 0 Å². The Kier molecular flexibility index (Phi) is 10.1. The van der Waals surface area contributed by atoms with Gasteiger partial charge in [-0.25, -0.2) is 0 Å². The van der Waals surface area contributed by atoms with Gasteiger partial charge in [0.2, 0.25) is 5.91 Å². The lowest BCUT2D eigenvalue weighted by Gasteiger charge is -2.35. The molecule has 48 heavy (non-hydrogen) atoms. The average molecular weight is 665 g/mol. The first kappa shape index (κ1) is 33.2. The Hall–Kier alpha value is -4.75. The van der Waals surface area contributed by atoms with E-state index in [9.17, 15) is 9.59 Å². The number of para-hydroxylation sites is 2. The maximum absolute atomic E-state index is 14.4. The van der Waals surface area contributed by atoms with Crippen LogP contribution in [0, 0.1) is 5.92 Å². The Morgan fingerprint density at radius 1 is 0.917 bits per heavy atom. The summed E-state index contributed by atoms with van der Waals surface area (Å²) in [7, 11) is 1.64. The molecule has 0 radical (unpaired) electrons. The molecular weight excluding hydrogens is 624 g/mol. The number of benzene rings is 4. The molecule has 2 atom stereocenters. The summed E-state index contributed by atoms with van der Waals surface area (Å²) in [5, 5.41) is 4.28. The molecule has 0 spiro atoms. The number of rotatable bonds is 10. The average Bonchev–Trinajstić information content (AvgIpc) is 3.23. The maximum Gasteiger partial charge on any atom is 0.228 e. The van der Waals surface area contributed by atoms with Crippen molar-refractivity contribution in [2.75, 3.05) is 23.9 Å². The third-order valence-electron chi connectivity index (χ3n) is 8.82. The lowest BCUT2D eigenvalue weighted by molar-refractivity contribution is -0.119. The van der Waals surface area contributed by atoms with Gasteiger partial charge in [0, 0.05) is 29.1 Å². The summed E-state index contributed by atoms with van der Waals surface area (Å²) in [4.78, 5) is 30.5. The zero-order valence-corrected chi connectivity index (χ0v) is 28.6. The molecule has 1 N–H and O–H groups in total. The van der Waals surface area contributed by atoms with E-state index in [4.69, 9.17) is 25.8 Å². The van der Waals surface area contributed by atoms with Gasteiger partial charge in [0.15, 0.2) is 17.3 Å². The molecule has 1 amide bonds. The highest BCUT2D eigenvalue weighted by Crippen LogP contribution is 2.49. The Morgan fingerprint density at radius 3 is 2.35 bits per heavy atom. The number of Topliss-reactive ketones (excluding diaryl/α,β-unsaturated/α-hetero) is 1. The van der Waals surface area contributed by atoms with Crippen molar-refractivity contribution < 1.29 is 23.8 Å². The van der Waals surface area contributed by atoms with E-state index in [2.05, 4.69) is 5.32 Å². The molecule has 0 fully saturated rings. The molecule has 6 rings (SSSR count). The van der Waals surface area contributed by atoms with Gasteiger partial charge in [-0.05, 0) is 90.4 Å². The number of methoxy groups -OCH3 is 1. The number of fused-ring (bicyclic) bond motifs is 1. The van der Waals surface area contributed by atoms with E-state index >= 15 is 0 Å². The van der Waals surface area contributed by atoms with Crippen molar-refractivity contribution in [2.45, 2.75) is 58.6 Å². The zero-order valence-electron chi connectivity index (χ0n) is 27.8. The van der Waals surface area contributed by atoms with Gasteiger partial charge < -0.3 is 19.5 Å². The van der Waals surface area contributed by atoms with Crippen molar-refractivity contribution in [1.82, 2.24) is 0 Å². The normalized spacial score (nSPS) is 17.3. The molecule has 0 bridgehead atoms. The molecule has 0 saturated carbocycles. The monoisotopic (exact) mass is 664 g/mol. The fourth-order valence-corrected chi connectivity index (χ4v) is 6.69. The molecule has 248 valence electrons. The van der Waals surface area contributed by atoms with Crippen LogP contribution in [0.3, 0.4) is 0 Å². The summed E-state index contributed by atoms with van der Waals surface area (Å²) in [5.74, 6) is 1.95. The van der Waals surface area contributed by atoms with Crippen LogP contribution in [0.25, 0.3) is 0 Å². The number of hydrogen-bond donors (Lipinski definition) is 1. The number of carbonyl (C=O) groups excluding carboxylic acids is 2. The summed E-state index contributed by atoms with van der Waals surface area (Å²) in [6.45, 7) is 6.74. The molecule has 4 aromatic carbocycles. The molecule has 1 heterocycles. The van der Waals surface area contributed by atoms with Crippen molar-refractivity contribution in [1.29, 1.82) is 0 Å². The zero-order chi connectivity index (χ0) is 33.8. The Morgan fingerprint density at radius 2 is 1.65 bits per heavy atom. The first-order valence-corrected chi connectivity index (χ1v) is 16.9. The van der Waals surface area contributed by atoms with E-state index in [0.29, 0.717) is 54.6 Å². The number of ether oxygens (including phenoxy) is 3.